The van der Waals surface area contributed by atoms with Crippen molar-refractivity contribution < 1.29 is 19.4 Å². The standard InChI is InChI=1S/C24H33N5O5/c1-13(2)10-27-22-18(8-9-19(30)28-14(3)11-34-12-15(28)4)16(5)26-29(22)24(33)20(23(27)32)21(31)25-17-6-7-17/h8-9,13-15,17,33H,6-7,10-12H2,1-5H3,(H,25,31)/b9-8+/t14-,15-/m1/s1. The summed E-state index contributed by atoms with van der Waals surface area (Å²) in [4.78, 5) is 40.9. The second kappa shape index (κ2) is 9.25. The number of carbonyl (C=O) groups is 2. The summed E-state index contributed by atoms with van der Waals surface area (Å²) in [5.41, 5.74) is 0.533. The molecule has 1 aliphatic heterocycles. The molecular formula is C24H33N5O5. The van der Waals surface area contributed by atoms with Gasteiger partial charge in [0.2, 0.25) is 11.8 Å². The van der Waals surface area contributed by atoms with Crippen molar-refractivity contribution in [3.8, 4) is 5.88 Å². The minimum absolute atomic E-state index is 0.0365. The van der Waals surface area contributed by atoms with Crippen LogP contribution in [0, 0.1) is 12.8 Å². The van der Waals surface area contributed by atoms with Crippen LogP contribution in [-0.4, -0.2) is 67.3 Å². The van der Waals surface area contributed by atoms with Crippen LogP contribution in [0.15, 0.2) is 10.9 Å². The average Bonchev–Trinajstić information content (AvgIpc) is 3.50. The molecule has 10 nitrogen and oxygen atoms in total. The number of aromatic nitrogens is 3. The van der Waals surface area contributed by atoms with Crippen LogP contribution in [0.2, 0.25) is 0 Å². The van der Waals surface area contributed by atoms with E-state index < -0.39 is 17.3 Å². The highest BCUT2D eigenvalue weighted by molar-refractivity contribution is 5.97. The lowest BCUT2D eigenvalue weighted by atomic mass is 10.1. The van der Waals surface area contributed by atoms with Crippen LogP contribution in [0.3, 0.4) is 0 Å². The molecule has 2 fully saturated rings. The monoisotopic (exact) mass is 471 g/mol. The van der Waals surface area contributed by atoms with E-state index in [0.717, 1.165) is 12.8 Å². The minimum Gasteiger partial charge on any atom is -0.492 e. The third kappa shape index (κ3) is 4.46. The Kier molecular flexibility index (Phi) is 6.53. The molecule has 2 atom stereocenters. The second-order valence-corrected chi connectivity index (χ2v) is 9.80. The quantitative estimate of drug-likeness (QED) is 0.620. The van der Waals surface area contributed by atoms with Crippen molar-refractivity contribution >= 4 is 23.5 Å². The summed E-state index contributed by atoms with van der Waals surface area (Å²) in [6.07, 6.45) is 4.82. The van der Waals surface area contributed by atoms with Crippen LogP contribution in [0.1, 0.15) is 62.2 Å². The zero-order valence-corrected chi connectivity index (χ0v) is 20.4. The summed E-state index contributed by atoms with van der Waals surface area (Å²) in [6.45, 7) is 10.8. The normalized spacial score (nSPS) is 21.1. The Bertz CT molecular complexity index is 1200. The molecule has 1 saturated heterocycles. The fraction of sp³-hybridized carbons (Fsp3) is 0.583. The first-order chi connectivity index (χ1) is 16.1. The van der Waals surface area contributed by atoms with E-state index in [9.17, 15) is 19.5 Å². The van der Waals surface area contributed by atoms with Gasteiger partial charge in [0.25, 0.3) is 11.5 Å². The molecule has 0 radical (unpaired) electrons. The van der Waals surface area contributed by atoms with Gasteiger partial charge in [-0.1, -0.05) is 13.8 Å². The molecule has 2 aliphatic rings. The molecule has 2 N–H and O–H groups in total. The Balaban J connectivity index is 1.81. The third-order valence-electron chi connectivity index (χ3n) is 6.22. The number of carbonyl (C=O) groups excluding carboxylic acids is 2. The van der Waals surface area contributed by atoms with Crippen molar-refractivity contribution in [3.05, 3.63) is 33.3 Å². The minimum atomic E-state index is -0.597. The summed E-state index contributed by atoms with van der Waals surface area (Å²) in [7, 11) is 0. The summed E-state index contributed by atoms with van der Waals surface area (Å²) < 4.78 is 8.20. The van der Waals surface area contributed by atoms with Gasteiger partial charge < -0.3 is 20.1 Å². The summed E-state index contributed by atoms with van der Waals surface area (Å²) in [6, 6.07) is -0.0717. The maximum Gasteiger partial charge on any atom is 0.270 e. The van der Waals surface area contributed by atoms with Crippen molar-refractivity contribution in [2.45, 2.75) is 72.1 Å². The zero-order valence-electron chi connectivity index (χ0n) is 20.4. The van der Waals surface area contributed by atoms with E-state index in [1.54, 1.807) is 17.9 Å². The number of morpholine rings is 1. The van der Waals surface area contributed by atoms with Crippen LogP contribution in [0.25, 0.3) is 11.7 Å². The van der Waals surface area contributed by atoms with Gasteiger partial charge in [-0.05, 0) is 45.6 Å². The Morgan fingerprint density at radius 3 is 2.47 bits per heavy atom. The highest BCUT2D eigenvalue weighted by Gasteiger charge is 2.31. The largest absolute Gasteiger partial charge is 0.492 e. The summed E-state index contributed by atoms with van der Waals surface area (Å²) in [5.74, 6) is -1.17. The van der Waals surface area contributed by atoms with Crippen LogP contribution in [-0.2, 0) is 16.1 Å². The first kappa shape index (κ1) is 24.0. The number of nitrogens with one attached hydrogen (secondary N) is 1. The van der Waals surface area contributed by atoms with E-state index in [2.05, 4.69) is 10.4 Å². The van der Waals surface area contributed by atoms with Crippen molar-refractivity contribution in [2.24, 2.45) is 5.92 Å². The molecule has 1 saturated carbocycles. The zero-order chi connectivity index (χ0) is 24.7. The molecular weight excluding hydrogens is 438 g/mol. The number of nitrogens with zero attached hydrogens (tertiary/aromatic N) is 4. The van der Waals surface area contributed by atoms with E-state index in [-0.39, 0.29) is 35.5 Å². The van der Waals surface area contributed by atoms with Gasteiger partial charge in [0, 0.05) is 24.2 Å². The second-order valence-electron chi connectivity index (χ2n) is 9.80. The Hall–Kier alpha value is -3.14. The first-order valence-corrected chi connectivity index (χ1v) is 11.8. The molecule has 4 rings (SSSR count). The van der Waals surface area contributed by atoms with Gasteiger partial charge in [0.05, 0.1) is 31.0 Å². The molecule has 10 heteroatoms. The summed E-state index contributed by atoms with van der Waals surface area (Å²) >= 11 is 0. The molecule has 2 amide bonds. The number of aryl methyl sites for hydroxylation is 1. The van der Waals surface area contributed by atoms with Gasteiger partial charge in [-0.15, -0.1) is 0 Å². The fourth-order valence-corrected chi connectivity index (χ4v) is 4.46. The number of hydrogen-bond acceptors (Lipinski definition) is 6. The van der Waals surface area contributed by atoms with Crippen molar-refractivity contribution in [1.29, 1.82) is 0 Å². The van der Waals surface area contributed by atoms with Gasteiger partial charge in [-0.25, -0.2) is 0 Å². The molecule has 2 aromatic heterocycles. The van der Waals surface area contributed by atoms with E-state index >= 15 is 0 Å². The van der Waals surface area contributed by atoms with E-state index in [1.165, 1.54) is 15.2 Å². The molecule has 2 aromatic rings. The topological polar surface area (TPSA) is 118 Å². The number of fused-ring (bicyclic) bond motifs is 1. The van der Waals surface area contributed by atoms with Gasteiger partial charge >= 0.3 is 0 Å². The third-order valence-corrected chi connectivity index (χ3v) is 6.22. The average molecular weight is 472 g/mol. The fourth-order valence-electron chi connectivity index (χ4n) is 4.46. The van der Waals surface area contributed by atoms with Gasteiger partial charge in [0.15, 0.2) is 5.56 Å². The molecule has 0 unspecified atom stereocenters. The lowest BCUT2D eigenvalue weighted by Gasteiger charge is -2.38. The van der Waals surface area contributed by atoms with Gasteiger partial charge in [-0.2, -0.15) is 9.61 Å². The summed E-state index contributed by atoms with van der Waals surface area (Å²) in [5, 5.41) is 18.1. The smallest absolute Gasteiger partial charge is 0.270 e. The molecule has 0 spiro atoms. The van der Waals surface area contributed by atoms with Gasteiger partial charge in [0.1, 0.15) is 5.65 Å². The Morgan fingerprint density at radius 1 is 1.24 bits per heavy atom. The van der Waals surface area contributed by atoms with Crippen LogP contribution in [0.4, 0.5) is 0 Å². The SMILES string of the molecule is Cc1nn2c(O)c(C(=O)NC3CC3)c(=O)n(CC(C)C)c2c1/C=C/C(=O)N1[C@H](C)COC[C@H]1C. The molecule has 34 heavy (non-hydrogen) atoms. The van der Waals surface area contributed by atoms with Crippen LogP contribution < -0.4 is 10.9 Å². The Morgan fingerprint density at radius 2 is 1.88 bits per heavy atom. The highest BCUT2D eigenvalue weighted by Crippen LogP contribution is 2.25. The van der Waals surface area contributed by atoms with Crippen molar-refractivity contribution in [1.82, 2.24) is 24.4 Å². The van der Waals surface area contributed by atoms with Crippen molar-refractivity contribution in [3.63, 3.8) is 0 Å². The molecule has 1 aliphatic carbocycles. The maximum atomic E-state index is 13.4. The highest BCUT2D eigenvalue weighted by atomic mass is 16.5. The van der Waals surface area contributed by atoms with E-state index in [4.69, 9.17) is 4.74 Å². The first-order valence-electron chi connectivity index (χ1n) is 11.8. The number of rotatable bonds is 6. The predicted octanol–water partition coefficient (Wildman–Crippen LogP) is 1.71. The van der Waals surface area contributed by atoms with Gasteiger partial charge in [-0.3, -0.25) is 19.0 Å². The van der Waals surface area contributed by atoms with Crippen molar-refractivity contribution in [2.75, 3.05) is 13.2 Å². The lowest BCUT2D eigenvalue weighted by Crippen LogP contribution is -2.51. The maximum absolute atomic E-state index is 13.4. The predicted molar refractivity (Wildman–Crippen MR) is 127 cm³/mol. The van der Waals surface area contributed by atoms with E-state index in [1.807, 2.05) is 27.7 Å². The van der Waals surface area contributed by atoms with Crippen LogP contribution in [0.5, 0.6) is 5.88 Å². The molecule has 184 valence electrons. The number of aromatic hydroxyl groups is 1. The lowest BCUT2D eigenvalue weighted by molar-refractivity contribution is -0.138. The number of amides is 2. The van der Waals surface area contributed by atoms with Crippen LogP contribution >= 0.6 is 0 Å². The Labute approximate surface area is 198 Å². The molecule has 0 bridgehead atoms. The molecule has 0 aromatic carbocycles. The molecule has 3 heterocycles. The number of hydrogen-bond donors (Lipinski definition) is 2. The van der Waals surface area contributed by atoms with E-state index in [0.29, 0.717) is 36.7 Å². The number of ether oxygens (including phenoxy) is 1.